The molecule has 0 N–H and O–H groups in total. The number of hydrogen-bond donors (Lipinski definition) is 0. The number of rotatable bonds is 10. The fraction of sp³-hybridized carbons (Fsp3) is 0.0154. The van der Waals surface area contributed by atoms with Crippen LogP contribution in [0.1, 0.15) is 22.3 Å². The molecule has 0 fully saturated rings. The Morgan fingerprint density at radius 3 is 1.13 bits per heavy atom. The second-order valence-electron chi connectivity index (χ2n) is 17.8. The number of nitrogens with zero attached hydrogens (tertiary/aromatic N) is 1. The molecule has 2 heterocycles. The second-order valence-corrected chi connectivity index (χ2v) is 25.2. The van der Waals surface area contributed by atoms with Crippen molar-refractivity contribution in [2.24, 2.45) is 0 Å². The maximum Gasteiger partial charge on any atom is 0.200 e. The number of hydrogen-bond acceptors (Lipinski definition) is 0. The van der Waals surface area contributed by atoms with Crippen molar-refractivity contribution in [3.8, 4) is 16.8 Å². The van der Waals surface area contributed by atoms with E-state index in [2.05, 4.69) is 302 Å². The average molecular weight is 900 g/mol. The van der Waals surface area contributed by atoms with Gasteiger partial charge in [-0.15, -0.1) is 0 Å². The number of aromatic nitrogens is 1. The Morgan fingerprint density at radius 2 is 0.691 bits per heavy atom. The molecule has 3 heteroatoms. The van der Waals surface area contributed by atoms with Gasteiger partial charge in [0.2, 0.25) is 0 Å². The van der Waals surface area contributed by atoms with E-state index in [0.717, 1.165) is 5.69 Å². The van der Waals surface area contributed by atoms with Gasteiger partial charge in [-0.2, -0.15) is 0 Å². The zero-order valence-electron chi connectivity index (χ0n) is 37.7. The van der Waals surface area contributed by atoms with Gasteiger partial charge in [0.1, 0.15) is 0 Å². The lowest BCUT2D eigenvalue weighted by molar-refractivity contribution is 0.751. The first-order valence-electron chi connectivity index (χ1n) is 23.7. The lowest BCUT2D eigenvalue weighted by Crippen LogP contribution is -2.81. The minimum absolute atomic E-state index is 0.779. The summed E-state index contributed by atoms with van der Waals surface area (Å²) >= 11 is 0. The molecule has 0 bridgehead atoms. The van der Waals surface area contributed by atoms with Crippen LogP contribution in [0, 0.1) is 0 Å². The molecule has 1 aliphatic heterocycles. The maximum atomic E-state index is 2.85. The summed E-state index contributed by atoms with van der Waals surface area (Å²) in [6, 6.07) is 113. The van der Waals surface area contributed by atoms with Crippen molar-refractivity contribution in [2.45, 2.75) is 5.41 Å². The van der Waals surface area contributed by atoms with E-state index in [-0.39, 0.29) is 0 Å². The first kappa shape index (κ1) is 41.4. The van der Waals surface area contributed by atoms with Gasteiger partial charge in [-0.3, -0.25) is 0 Å². The van der Waals surface area contributed by atoms with Gasteiger partial charge >= 0.3 is 0 Å². The molecule has 1 nitrogen and oxygen atoms in total. The summed E-state index contributed by atoms with van der Waals surface area (Å²) in [5.41, 5.74) is 8.01. The molecule has 1 aromatic heterocycles. The van der Waals surface area contributed by atoms with Crippen molar-refractivity contribution in [3.63, 3.8) is 0 Å². The third-order valence-electron chi connectivity index (χ3n) is 14.5. The fourth-order valence-electron chi connectivity index (χ4n) is 12.0. The fourth-order valence-corrected chi connectivity index (χ4v) is 22.7. The third kappa shape index (κ3) is 6.13. The van der Waals surface area contributed by atoms with E-state index < -0.39 is 21.6 Å². The zero-order chi connectivity index (χ0) is 45.4. The molecule has 12 rings (SSSR count). The average Bonchev–Trinajstić information content (AvgIpc) is 3.79. The third-order valence-corrected chi connectivity index (χ3v) is 24.1. The van der Waals surface area contributed by atoms with E-state index in [1.54, 1.807) is 0 Å². The van der Waals surface area contributed by atoms with Crippen molar-refractivity contribution in [1.82, 2.24) is 4.57 Å². The van der Waals surface area contributed by atoms with Crippen molar-refractivity contribution in [2.75, 3.05) is 0 Å². The van der Waals surface area contributed by atoms with Crippen LogP contribution in [-0.2, 0) is 5.41 Å². The molecule has 11 aromatic rings. The molecule has 0 saturated carbocycles. The molecule has 0 aliphatic carbocycles. The highest BCUT2D eigenvalue weighted by molar-refractivity contribution is 7.22. The summed E-state index contributed by atoms with van der Waals surface area (Å²) < 4.78 is 2.85. The van der Waals surface area contributed by atoms with Crippen LogP contribution in [0.4, 0.5) is 0 Å². The van der Waals surface area contributed by atoms with E-state index in [1.807, 2.05) is 0 Å². The SMILES string of the molecule is c1ccc(-c2c3c(n(-c4ccccc4)c2[Si](c2ccccc2)(c2ccccc2)c2ccccc2)[Si](c2ccccc2)(c2ccccc2)c2ccccc2C3(c2ccccc2)c2ccccc2)cc1. The largest absolute Gasteiger partial charge is 0.323 e. The van der Waals surface area contributed by atoms with Crippen LogP contribution < -0.4 is 41.8 Å². The van der Waals surface area contributed by atoms with E-state index in [1.165, 1.54) is 75.1 Å². The van der Waals surface area contributed by atoms with Gasteiger partial charge in [0.15, 0.2) is 16.1 Å². The highest BCUT2D eigenvalue weighted by atomic mass is 28.3. The topological polar surface area (TPSA) is 4.93 Å². The van der Waals surface area contributed by atoms with Gasteiger partial charge in [0, 0.05) is 21.9 Å². The Balaban J connectivity index is 1.49. The van der Waals surface area contributed by atoms with Crippen LogP contribution in [0.5, 0.6) is 0 Å². The quantitative estimate of drug-likeness (QED) is 0.0953. The van der Waals surface area contributed by atoms with Gasteiger partial charge in [-0.25, -0.2) is 0 Å². The molecular formula is C65H49NSi2. The summed E-state index contributed by atoms with van der Waals surface area (Å²) in [7, 11) is -6.81. The van der Waals surface area contributed by atoms with Gasteiger partial charge in [0.05, 0.1) is 5.41 Å². The highest BCUT2D eigenvalue weighted by Crippen LogP contribution is 2.51. The molecular weight excluding hydrogens is 851 g/mol. The van der Waals surface area contributed by atoms with Crippen molar-refractivity contribution >= 4 is 57.9 Å². The molecule has 0 radical (unpaired) electrons. The van der Waals surface area contributed by atoms with Crippen LogP contribution in [0.25, 0.3) is 16.8 Å². The van der Waals surface area contributed by atoms with Crippen LogP contribution >= 0.6 is 0 Å². The second kappa shape index (κ2) is 17.3. The molecule has 0 atom stereocenters. The summed E-state index contributed by atoms with van der Waals surface area (Å²) in [5.74, 6) is 0. The van der Waals surface area contributed by atoms with E-state index >= 15 is 0 Å². The van der Waals surface area contributed by atoms with Gasteiger partial charge in [0.25, 0.3) is 0 Å². The molecule has 0 amide bonds. The molecule has 0 unspecified atom stereocenters. The first-order valence-corrected chi connectivity index (χ1v) is 27.7. The van der Waals surface area contributed by atoms with Crippen molar-refractivity contribution < 1.29 is 0 Å². The zero-order valence-corrected chi connectivity index (χ0v) is 39.7. The molecule has 322 valence electrons. The summed E-state index contributed by atoms with van der Waals surface area (Å²) in [6.45, 7) is 0. The van der Waals surface area contributed by atoms with E-state index in [9.17, 15) is 0 Å². The Hall–Kier alpha value is -8.09. The summed E-state index contributed by atoms with van der Waals surface area (Å²) in [6.07, 6.45) is 0. The van der Waals surface area contributed by atoms with Gasteiger partial charge < -0.3 is 4.57 Å². The molecule has 1 aliphatic rings. The lowest BCUT2D eigenvalue weighted by Gasteiger charge is -2.49. The molecule has 10 aromatic carbocycles. The predicted octanol–water partition coefficient (Wildman–Crippen LogP) is 9.60. The number of fused-ring (bicyclic) bond motifs is 2. The smallest absolute Gasteiger partial charge is 0.200 e. The number of benzene rings is 10. The number of para-hydroxylation sites is 1. The summed E-state index contributed by atoms with van der Waals surface area (Å²) in [4.78, 5) is 0. The van der Waals surface area contributed by atoms with Gasteiger partial charge in [-0.1, -0.05) is 285 Å². The monoisotopic (exact) mass is 899 g/mol. The van der Waals surface area contributed by atoms with Crippen molar-refractivity contribution in [3.05, 3.63) is 320 Å². The van der Waals surface area contributed by atoms with Crippen LogP contribution in [-0.4, -0.2) is 20.7 Å². The molecule has 68 heavy (non-hydrogen) atoms. The Labute approximate surface area is 402 Å². The highest BCUT2D eigenvalue weighted by Gasteiger charge is 2.61. The minimum Gasteiger partial charge on any atom is -0.323 e. The van der Waals surface area contributed by atoms with Crippen LogP contribution in [0.2, 0.25) is 0 Å². The lowest BCUT2D eigenvalue weighted by atomic mass is 9.64. The van der Waals surface area contributed by atoms with Crippen LogP contribution in [0.15, 0.2) is 297 Å². The minimum atomic E-state index is -3.42. The van der Waals surface area contributed by atoms with Crippen LogP contribution in [0.3, 0.4) is 0 Å². The Morgan fingerprint density at radius 1 is 0.338 bits per heavy atom. The molecule has 0 saturated heterocycles. The maximum absolute atomic E-state index is 3.42. The first-order chi connectivity index (χ1) is 33.8. The molecule has 0 spiro atoms. The van der Waals surface area contributed by atoms with E-state index in [4.69, 9.17) is 0 Å². The van der Waals surface area contributed by atoms with Crippen molar-refractivity contribution in [1.29, 1.82) is 0 Å². The standard InChI is InChI=1S/C65H49NSi2/c1-10-30-50(31-11-1)61-62-64(66(53-36-16-4-17-37-53)63(61)67(54-38-18-5-19-39-54,55-40-20-6-21-41-55)56-42-22-7-23-43-56)68(57-44-24-8-25-45-57,58-46-26-9-27-47-58)60-49-29-28-48-59(60)65(62,51-32-12-2-13-33-51)52-34-14-3-15-35-52/h1-49H. The Kier molecular flexibility index (Phi) is 10.5. The summed E-state index contributed by atoms with van der Waals surface area (Å²) in [5, 5.41) is 10.8. The van der Waals surface area contributed by atoms with Gasteiger partial charge in [-0.05, 0) is 71.1 Å². The predicted molar refractivity (Wildman–Crippen MR) is 290 cm³/mol. The van der Waals surface area contributed by atoms with E-state index in [0.29, 0.717) is 0 Å². The Bertz CT molecular complexity index is 3110. The normalized spacial score (nSPS) is 13.5.